The lowest BCUT2D eigenvalue weighted by Gasteiger charge is -1.93. The molecule has 2 saturated carbocycles. The second-order valence-electron chi connectivity index (χ2n) is 4.22. The lowest BCUT2D eigenvalue weighted by Crippen LogP contribution is -1.90. The van der Waals surface area contributed by atoms with Gasteiger partial charge in [0.2, 0.25) is 0 Å². The van der Waals surface area contributed by atoms with Gasteiger partial charge in [-0.05, 0) is 0 Å². The van der Waals surface area contributed by atoms with Crippen molar-refractivity contribution in [3.05, 3.63) is 24.3 Å². The summed E-state index contributed by atoms with van der Waals surface area (Å²) in [5, 5.41) is 0. The predicted octanol–water partition coefficient (Wildman–Crippen LogP) is 3.95. The molecule has 0 radical (unpaired) electrons. The third-order valence-electron chi connectivity index (χ3n) is 3.38. The van der Waals surface area contributed by atoms with Crippen molar-refractivity contribution in [1.29, 1.82) is 0 Å². The molecule has 4 unspecified atom stereocenters. The van der Waals surface area contributed by atoms with E-state index in [9.17, 15) is 0 Å². The van der Waals surface area contributed by atoms with Crippen molar-refractivity contribution in [3.63, 3.8) is 0 Å². The monoisotopic (exact) mass is 268 g/mol. The predicted molar refractivity (Wildman–Crippen MR) is 61.1 cm³/mol. The van der Waals surface area contributed by atoms with Crippen LogP contribution in [0.3, 0.4) is 0 Å². The van der Waals surface area contributed by atoms with Gasteiger partial charge in [0, 0.05) is 23.7 Å². The largest absolute Gasteiger partial charge is 0.132 e. The number of hydrogen-bond acceptors (Lipinski definition) is 0. The fraction of sp³-hybridized carbons (Fsp3) is 0.600. The van der Waals surface area contributed by atoms with E-state index in [-0.39, 0.29) is 23.7 Å². The minimum absolute atomic E-state index is 0.229. The van der Waals surface area contributed by atoms with E-state index in [1.807, 2.05) is 0 Å². The highest BCUT2D eigenvalue weighted by atomic mass is 35.5. The average Bonchev–Trinajstić information content (AvgIpc) is 2.67. The van der Waals surface area contributed by atoms with E-state index in [0.717, 1.165) is 0 Å². The molecule has 0 saturated heterocycles. The second-order valence-corrected chi connectivity index (χ2v) is 7.11. The third kappa shape index (κ3) is 1.15. The Kier molecular flexibility index (Phi) is 1.87. The minimum atomic E-state index is -0.606. The first-order chi connectivity index (χ1) is 6.45. The molecule has 76 valence electrons. The van der Waals surface area contributed by atoms with Crippen LogP contribution in [0, 0.1) is 23.7 Å². The molecule has 3 aliphatic rings. The molecule has 0 aromatic rings. The van der Waals surface area contributed by atoms with Crippen molar-refractivity contribution in [1.82, 2.24) is 0 Å². The standard InChI is InChI=1S/C10H8Cl4/c11-9(12)5-1-2-6-8(10(6,13)14)4-3-7(5)9/h1-8H/b2-1-,4-3-. The number of allylic oxidation sites excluding steroid dienone is 4. The normalized spacial score (nSPS) is 54.6. The van der Waals surface area contributed by atoms with Gasteiger partial charge in [0.15, 0.2) is 0 Å². The molecule has 0 nitrogen and oxygen atoms in total. The van der Waals surface area contributed by atoms with Crippen LogP contribution in [0.25, 0.3) is 0 Å². The molecule has 3 aliphatic carbocycles. The summed E-state index contributed by atoms with van der Waals surface area (Å²) in [5.74, 6) is 0.918. The molecule has 0 bridgehead atoms. The summed E-state index contributed by atoms with van der Waals surface area (Å²) in [4.78, 5) is 0. The molecule has 0 amide bonds. The Morgan fingerprint density at radius 2 is 0.786 bits per heavy atom. The minimum Gasteiger partial charge on any atom is -0.100 e. The zero-order chi connectivity index (χ0) is 10.1. The maximum atomic E-state index is 6.09. The fourth-order valence-electron chi connectivity index (χ4n) is 2.22. The summed E-state index contributed by atoms with van der Waals surface area (Å²) >= 11 is 24.4. The molecule has 4 heteroatoms. The molecule has 0 N–H and O–H groups in total. The van der Waals surface area contributed by atoms with E-state index in [0.29, 0.717) is 0 Å². The van der Waals surface area contributed by atoms with Crippen molar-refractivity contribution in [2.24, 2.45) is 23.7 Å². The van der Waals surface area contributed by atoms with Gasteiger partial charge in [0.25, 0.3) is 0 Å². The topological polar surface area (TPSA) is 0 Å². The van der Waals surface area contributed by atoms with Crippen LogP contribution < -0.4 is 0 Å². The van der Waals surface area contributed by atoms with Gasteiger partial charge < -0.3 is 0 Å². The Hall–Kier alpha value is 0.640. The van der Waals surface area contributed by atoms with Crippen LogP contribution >= 0.6 is 46.4 Å². The second kappa shape index (κ2) is 2.66. The maximum absolute atomic E-state index is 6.09. The van der Waals surface area contributed by atoms with Crippen molar-refractivity contribution >= 4 is 46.4 Å². The molecule has 0 aromatic heterocycles. The first-order valence-corrected chi connectivity index (χ1v) is 6.09. The number of halogens is 4. The maximum Gasteiger partial charge on any atom is 0.132 e. The molecule has 0 heterocycles. The molecule has 3 rings (SSSR count). The first-order valence-electron chi connectivity index (χ1n) is 4.58. The summed E-state index contributed by atoms with van der Waals surface area (Å²) in [7, 11) is 0. The third-order valence-corrected chi connectivity index (χ3v) is 5.40. The summed E-state index contributed by atoms with van der Waals surface area (Å²) in [6, 6.07) is 0. The highest BCUT2D eigenvalue weighted by molar-refractivity contribution is 6.52. The van der Waals surface area contributed by atoms with E-state index < -0.39 is 8.67 Å². The van der Waals surface area contributed by atoms with E-state index in [1.165, 1.54) is 0 Å². The lowest BCUT2D eigenvalue weighted by molar-refractivity contribution is 0.907. The van der Waals surface area contributed by atoms with Gasteiger partial charge in [0.1, 0.15) is 8.67 Å². The summed E-state index contributed by atoms with van der Waals surface area (Å²) in [6.45, 7) is 0. The molecule has 4 atom stereocenters. The first kappa shape index (κ1) is 9.84. The van der Waals surface area contributed by atoms with Gasteiger partial charge in [-0.2, -0.15) is 0 Å². The van der Waals surface area contributed by atoms with E-state index in [4.69, 9.17) is 46.4 Å². The van der Waals surface area contributed by atoms with Crippen LogP contribution in [-0.2, 0) is 0 Å². The quantitative estimate of drug-likeness (QED) is 0.461. The SMILES string of the molecule is ClC1(Cl)C2/C=C\C3C(/C=C\C21)C3(Cl)Cl. The van der Waals surface area contributed by atoms with Crippen molar-refractivity contribution in [3.8, 4) is 0 Å². The Labute approximate surface area is 103 Å². The van der Waals surface area contributed by atoms with Gasteiger partial charge in [-0.3, -0.25) is 0 Å². The van der Waals surface area contributed by atoms with E-state index in [1.54, 1.807) is 0 Å². The summed E-state index contributed by atoms with van der Waals surface area (Å²) in [6.07, 6.45) is 8.22. The fourth-order valence-corrected chi connectivity index (χ4v) is 3.64. The Morgan fingerprint density at radius 3 is 1.00 bits per heavy atom. The molecule has 0 spiro atoms. The Morgan fingerprint density at radius 1 is 0.571 bits per heavy atom. The van der Waals surface area contributed by atoms with Crippen molar-refractivity contribution in [2.45, 2.75) is 8.67 Å². The summed E-state index contributed by atoms with van der Waals surface area (Å²) < 4.78 is -1.21. The van der Waals surface area contributed by atoms with Gasteiger partial charge in [-0.25, -0.2) is 0 Å². The van der Waals surface area contributed by atoms with E-state index >= 15 is 0 Å². The van der Waals surface area contributed by atoms with Gasteiger partial charge in [-0.1, -0.05) is 24.3 Å². The molecule has 0 aliphatic heterocycles. The number of hydrogen-bond donors (Lipinski definition) is 0. The van der Waals surface area contributed by atoms with Gasteiger partial charge in [-0.15, -0.1) is 46.4 Å². The van der Waals surface area contributed by atoms with Gasteiger partial charge >= 0.3 is 0 Å². The lowest BCUT2D eigenvalue weighted by atomic mass is 10.1. The number of alkyl halides is 4. The highest BCUT2D eigenvalue weighted by Gasteiger charge is 2.65. The smallest absolute Gasteiger partial charge is 0.100 e. The summed E-state index contributed by atoms with van der Waals surface area (Å²) in [5.41, 5.74) is 0. The number of rotatable bonds is 0. The zero-order valence-corrected chi connectivity index (χ0v) is 10.2. The average molecular weight is 270 g/mol. The van der Waals surface area contributed by atoms with Crippen LogP contribution in [-0.4, -0.2) is 8.67 Å². The highest BCUT2D eigenvalue weighted by Crippen LogP contribution is 2.66. The molecular formula is C10H8Cl4. The van der Waals surface area contributed by atoms with Crippen LogP contribution in [0.1, 0.15) is 0 Å². The molecule has 2 fully saturated rings. The molecular weight excluding hydrogens is 262 g/mol. The van der Waals surface area contributed by atoms with Crippen molar-refractivity contribution in [2.75, 3.05) is 0 Å². The Bertz CT molecular complexity index is 280. The molecule has 0 aromatic carbocycles. The van der Waals surface area contributed by atoms with E-state index in [2.05, 4.69) is 24.3 Å². The molecule has 14 heavy (non-hydrogen) atoms. The Balaban J connectivity index is 1.88. The van der Waals surface area contributed by atoms with Crippen LogP contribution in [0.4, 0.5) is 0 Å². The van der Waals surface area contributed by atoms with Crippen molar-refractivity contribution < 1.29 is 0 Å². The van der Waals surface area contributed by atoms with Crippen LogP contribution in [0.15, 0.2) is 24.3 Å². The zero-order valence-electron chi connectivity index (χ0n) is 7.13. The van der Waals surface area contributed by atoms with Crippen LogP contribution in [0.5, 0.6) is 0 Å². The van der Waals surface area contributed by atoms with Gasteiger partial charge in [0.05, 0.1) is 0 Å². The van der Waals surface area contributed by atoms with Crippen LogP contribution in [0.2, 0.25) is 0 Å². The number of fused-ring (bicyclic) bond motifs is 2.